The third kappa shape index (κ3) is 5.94. The molecule has 2 aromatic carbocycles. The first-order valence-corrected chi connectivity index (χ1v) is 11.5. The highest BCUT2D eigenvalue weighted by Gasteiger charge is 2.43. The van der Waals surface area contributed by atoms with E-state index >= 15 is 0 Å². The van der Waals surface area contributed by atoms with Crippen molar-refractivity contribution >= 4 is 11.9 Å². The van der Waals surface area contributed by atoms with Gasteiger partial charge in [-0.2, -0.15) is 0 Å². The van der Waals surface area contributed by atoms with Crippen LogP contribution in [0.15, 0.2) is 36.4 Å². The summed E-state index contributed by atoms with van der Waals surface area (Å²) in [6.45, 7) is 8.90. The van der Waals surface area contributed by atoms with E-state index in [1.165, 1.54) is 12.7 Å². The van der Waals surface area contributed by atoms with E-state index in [9.17, 15) is 14.7 Å². The van der Waals surface area contributed by atoms with E-state index in [1.807, 2.05) is 19.1 Å². The number of nitrogens with zero attached hydrogens (tertiary/aromatic N) is 1. The standard InChI is InChI=1S/C27H35NO7/c1-16-9-8-10-19(11-16)21(32-6)15-28(5)27(3,4)14-18-12-17(2)22-20(13-18)34-24(26(31)33-7)23(35-22)25(29)30/h8-13,21,23-24H,14-15H2,1-7H3,(H,29,30). The fourth-order valence-electron chi connectivity index (χ4n) is 4.33. The number of likely N-dealkylation sites (N-methyl/N-ethyl adjacent to an activating group) is 1. The molecule has 1 heterocycles. The van der Waals surface area contributed by atoms with E-state index < -0.39 is 24.1 Å². The predicted molar refractivity (Wildman–Crippen MR) is 131 cm³/mol. The molecule has 0 aliphatic carbocycles. The number of hydrogen-bond donors (Lipinski definition) is 1. The lowest BCUT2D eigenvalue weighted by Gasteiger charge is -2.38. The molecule has 1 aliphatic heterocycles. The lowest BCUT2D eigenvalue weighted by molar-refractivity contribution is -0.166. The first-order chi connectivity index (χ1) is 16.5. The van der Waals surface area contributed by atoms with Gasteiger partial charge < -0.3 is 24.1 Å². The summed E-state index contributed by atoms with van der Waals surface area (Å²) in [5, 5.41) is 9.50. The van der Waals surface area contributed by atoms with Gasteiger partial charge in [-0.05, 0) is 63.9 Å². The number of carboxylic acid groups (broad SMARTS) is 1. The first-order valence-electron chi connectivity index (χ1n) is 11.5. The molecule has 0 fully saturated rings. The average molecular weight is 486 g/mol. The van der Waals surface area contributed by atoms with Gasteiger partial charge in [0.2, 0.25) is 12.2 Å². The zero-order chi connectivity index (χ0) is 25.9. The summed E-state index contributed by atoms with van der Waals surface area (Å²) in [5.74, 6) is -1.43. The third-order valence-electron chi connectivity index (χ3n) is 6.56. The maximum absolute atomic E-state index is 12.1. The Bertz CT molecular complexity index is 1080. The zero-order valence-corrected chi connectivity index (χ0v) is 21.5. The van der Waals surface area contributed by atoms with Crippen LogP contribution in [0.4, 0.5) is 0 Å². The van der Waals surface area contributed by atoms with E-state index in [4.69, 9.17) is 18.9 Å². The minimum Gasteiger partial charge on any atom is -0.478 e. The van der Waals surface area contributed by atoms with E-state index in [-0.39, 0.29) is 11.6 Å². The molecule has 0 saturated heterocycles. The van der Waals surface area contributed by atoms with Gasteiger partial charge in [-0.25, -0.2) is 9.59 Å². The number of benzene rings is 2. The summed E-state index contributed by atoms with van der Waals surface area (Å²) >= 11 is 0. The molecule has 1 aliphatic rings. The van der Waals surface area contributed by atoms with Crippen LogP contribution < -0.4 is 9.47 Å². The van der Waals surface area contributed by atoms with Crippen LogP contribution in [0.5, 0.6) is 11.5 Å². The van der Waals surface area contributed by atoms with Crippen LogP contribution in [0.2, 0.25) is 0 Å². The number of carbonyl (C=O) groups is 2. The Morgan fingerprint density at radius 1 is 1.11 bits per heavy atom. The summed E-state index contributed by atoms with van der Waals surface area (Å²) in [6.07, 6.45) is -2.26. The van der Waals surface area contributed by atoms with Crippen molar-refractivity contribution < 1.29 is 33.6 Å². The van der Waals surface area contributed by atoms with Crippen molar-refractivity contribution in [2.75, 3.05) is 27.8 Å². The number of ether oxygens (including phenoxy) is 4. The second-order valence-corrected chi connectivity index (χ2v) is 9.69. The third-order valence-corrected chi connectivity index (χ3v) is 6.56. The monoisotopic (exact) mass is 485 g/mol. The van der Waals surface area contributed by atoms with Crippen molar-refractivity contribution in [3.8, 4) is 11.5 Å². The van der Waals surface area contributed by atoms with Crippen molar-refractivity contribution in [2.45, 2.75) is 58.0 Å². The fraction of sp³-hybridized carbons (Fsp3) is 0.481. The molecule has 1 N–H and O–H groups in total. The lowest BCUT2D eigenvalue weighted by atomic mass is 9.91. The number of carboxylic acids is 1. The van der Waals surface area contributed by atoms with E-state index in [1.54, 1.807) is 13.2 Å². The highest BCUT2D eigenvalue weighted by molar-refractivity contribution is 5.86. The summed E-state index contributed by atoms with van der Waals surface area (Å²) in [4.78, 5) is 26.0. The van der Waals surface area contributed by atoms with Crippen LogP contribution >= 0.6 is 0 Å². The number of methoxy groups -OCH3 is 2. The highest BCUT2D eigenvalue weighted by atomic mass is 16.6. The number of rotatable bonds is 9. The molecular weight excluding hydrogens is 450 g/mol. The second kappa shape index (κ2) is 10.7. The van der Waals surface area contributed by atoms with Gasteiger partial charge in [0.25, 0.3) is 0 Å². The molecule has 35 heavy (non-hydrogen) atoms. The molecular formula is C27H35NO7. The number of carbonyl (C=O) groups excluding carboxylic acids is 1. The van der Waals surface area contributed by atoms with Crippen molar-refractivity contribution in [1.29, 1.82) is 0 Å². The SMILES string of the molecule is COC(=O)C1Oc2cc(CC(C)(C)N(C)CC(OC)c3cccc(C)c3)cc(C)c2OC1C(=O)O. The topological polar surface area (TPSA) is 94.5 Å². The average Bonchev–Trinajstić information content (AvgIpc) is 2.80. The van der Waals surface area contributed by atoms with Gasteiger partial charge in [0.15, 0.2) is 11.5 Å². The molecule has 0 saturated carbocycles. The van der Waals surface area contributed by atoms with Crippen molar-refractivity contribution in [3.05, 3.63) is 58.7 Å². The first kappa shape index (κ1) is 26.5. The smallest absolute Gasteiger partial charge is 0.351 e. The van der Waals surface area contributed by atoms with Crippen molar-refractivity contribution in [1.82, 2.24) is 4.90 Å². The van der Waals surface area contributed by atoms with Crippen molar-refractivity contribution in [3.63, 3.8) is 0 Å². The second-order valence-electron chi connectivity index (χ2n) is 9.69. The Morgan fingerprint density at radius 2 is 1.83 bits per heavy atom. The summed E-state index contributed by atoms with van der Waals surface area (Å²) in [7, 11) is 4.97. The normalized spacial score (nSPS) is 18.3. The van der Waals surface area contributed by atoms with E-state index in [2.05, 4.69) is 50.9 Å². The molecule has 190 valence electrons. The lowest BCUT2D eigenvalue weighted by Crippen LogP contribution is -2.50. The maximum Gasteiger partial charge on any atom is 0.351 e. The van der Waals surface area contributed by atoms with Gasteiger partial charge in [0.05, 0.1) is 13.2 Å². The minimum absolute atomic E-state index is 0.0741. The van der Waals surface area contributed by atoms with Crippen LogP contribution in [-0.2, 0) is 25.5 Å². The van der Waals surface area contributed by atoms with Crippen LogP contribution in [0, 0.1) is 13.8 Å². The molecule has 2 aromatic rings. The Labute approximate surface area is 206 Å². The van der Waals surface area contributed by atoms with Crippen LogP contribution in [0.1, 0.15) is 42.2 Å². The summed E-state index contributed by atoms with van der Waals surface area (Å²) in [5.41, 5.74) is 3.78. The van der Waals surface area contributed by atoms with E-state index in [0.29, 0.717) is 24.5 Å². The summed E-state index contributed by atoms with van der Waals surface area (Å²) < 4.78 is 22.0. The number of aryl methyl sites for hydroxylation is 2. The van der Waals surface area contributed by atoms with Crippen molar-refractivity contribution in [2.24, 2.45) is 0 Å². The molecule has 0 spiro atoms. The Kier molecular flexibility index (Phi) is 8.07. The largest absolute Gasteiger partial charge is 0.478 e. The Hall–Kier alpha value is -3.10. The minimum atomic E-state index is -1.48. The van der Waals surface area contributed by atoms with Crippen LogP contribution in [0.3, 0.4) is 0 Å². The molecule has 3 rings (SSSR count). The molecule has 3 atom stereocenters. The van der Waals surface area contributed by atoms with Gasteiger partial charge in [0, 0.05) is 19.2 Å². The maximum atomic E-state index is 12.1. The summed E-state index contributed by atoms with van der Waals surface area (Å²) in [6, 6.07) is 12.1. The fourth-order valence-corrected chi connectivity index (χ4v) is 4.33. The van der Waals surface area contributed by atoms with Gasteiger partial charge in [-0.3, -0.25) is 4.90 Å². The number of hydrogen-bond acceptors (Lipinski definition) is 7. The van der Waals surface area contributed by atoms with Crippen LogP contribution in [0.25, 0.3) is 0 Å². The molecule has 3 unspecified atom stereocenters. The van der Waals surface area contributed by atoms with Gasteiger partial charge in [0.1, 0.15) is 0 Å². The molecule has 0 bridgehead atoms. The molecule has 8 nitrogen and oxygen atoms in total. The zero-order valence-electron chi connectivity index (χ0n) is 21.5. The van der Waals surface area contributed by atoms with Gasteiger partial charge >= 0.3 is 11.9 Å². The molecule has 0 radical (unpaired) electrons. The Morgan fingerprint density at radius 3 is 2.43 bits per heavy atom. The number of aliphatic carboxylic acids is 1. The van der Waals surface area contributed by atoms with Crippen LogP contribution in [-0.4, -0.2) is 67.5 Å². The van der Waals surface area contributed by atoms with Gasteiger partial charge in [-0.1, -0.05) is 35.9 Å². The van der Waals surface area contributed by atoms with Gasteiger partial charge in [-0.15, -0.1) is 0 Å². The highest BCUT2D eigenvalue weighted by Crippen LogP contribution is 2.39. The number of esters is 1. The predicted octanol–water partition coefficient (Wildman–Crippen LogP) is 3.71. The Balaban J connectivity index is 1.81. The molecule has 0 aromatic heterocycles. The molecule has 0 amide bonds. The number of fused-ring (bicyclic) bond motifs is 1. The molecule has 8 heteroatoms. The van der Waals surface area contributed by atoms with E-state index in [0.717, 1.165) is 16.7 Å². The quantitative estimate of drug-likeness (QED) is 0.537.